The Kier molecular flexibility index (Phi) is 6.02. The number of hydrogen-bond donors (Lipinski definition) is 2. The molecule has 1 amide bonds. The Morgan fingerprint density at radius 1 is 1.33 bits per heavy atom. The van der Waals surface area contributed by atoms with Crippen molar-refractivity contribution in [3.63, 3.8) is 0 Å². The Labute approximate surface area is 121 Å². The molecule has 7 heteroatoms. The largest absolute Gasteiger partial charge is 0.480 e. The number of nitrogens with two attached hydrogens (primary N) is 1. The normalized spacial score (nSPS) is 14.4. The summed E-state index contributed by atoms with van der Waals surface area (Å²) >= 11 is 0. The Morgan fingerprint density at radius 3 is 2.52 bits per heavy atom. The molecule has 3 N–H and O–H groups in total. The first-order valence-electron chi connectivity index (χ1n) is 6.58. The van der Waals surface area contributed by atoms with Crippen LogP contribution in [0.25, 0.3) is 0 Å². The first kappa shape index (κ1) is 17.3. The zero-order chi connectivity index (χ0) is 16.0. The summed E-state index contributed by atoms with van der Waals surface area (Å²) in [6.07, 6.45) is -4.97. The van der Waals surface area contributed by atoms with Gasteiger partial charge in [0.1, 0.15) is 5.75 Å². The smallest absolute Gasteiger partial charge is 0.419 e. The molecule has 0 aliphatic heterocycles. The lowest BCUT2D eigenvalue weighted by molar-refractivity contribution is -0.140. The molecule has 4 nitrogen and oxygen atoms in total. The van der Waals surface area contributed by atoms with Crippen molar-refractivity contribution in [2.45, 2.75) is 38.6 Å². The lowest BCUT2D eigenvalue weighted by atomic mass is 10.2. The number of alkyl halides is 3. The van der Waals surface area contributed by atoms with Crippen LogP contribution in [0, 0.1) is 0 Å². The molecule has 0 radical (unpaired) electrons. The van der Waals surface area contributed by atoms with E-state index in [9.17, 15) is 18.0 Å². The highest BCUT2D eigenvalue weighted by Gasteiger charge is 2.34. The van der Waals surface area contributed by atoms with Crippen LogP contribution < -0.4 is 15.8 Å². The van der Waals surface area contributed by atoms with E-state index in [1.165, 1.54) is 25.1 Å². The van der Waals surface area contributed by atoms with Gasteiger partial charge in [0, 0.05) is 12.6 Å². The number of benzene rings is 1. The van der Waals surface area contributed by atoms with Gasteiger partial charge in [-0.2, -0.15) is 13.2 Å². The highest BCUT2D eigenvalue weighted by atomic mass is 19.4. The molecule has 0 saturated heterocycles. The highest BCUT2D eigenvalue weighted by molar-refractivity contribution is 5.80. The average Bonchev–Trinajstić information content (AvgIpc) is 2.37. The zero-order valence-corrected chi connectivity index (χ0v) is 11.9. The van der Waals surface area contributed by atoms with Crippen LogP contribution in [-0.4, -0.2) is 24.6 Å². The van der Waals surface area contributed by atoms with Crippen molar-refractivity contribution in [2.75, 3.05) is 6.54 Å². The molecule has 21 heavy (non-hydrogen) atoms. The molecule has 1 aromatic carbocycles. The SMILES string of the molecule is CC(N)CCNC(=O)C(C)Oc1ccccc1C(F)(F)F. The molecule has 2 unspecified atom stereocenters. The van der Waals surface area contributed by atoms with E-state index in [1.807, 2.05) is 0 Å². The van der Waals surface area contributed by atoms with E-state index in [0.717, 1.165) is 6.07 Å². The predicted octanol–water partition coefficient (Wildman–Crippen LogP) is 2.33. The van der Waals surface area contributed by atoms with E-state index in [1.54, 1.807) is 6.92 Å². The monoisotopic (exact) mass is 304 g/mol. The van der Waals surface area contributed by atoms with Crippen LogP contribution in [0.2, 0.25) is 0 Å². The number of carbonyl (C=O) groups excluding carboxylic acids is 1. The van der Waals surface area contributed by atoms with Crippen molar-refractivity contribution in [1.29, 1.82) is 0 Å². The minimum atomic E-state index is -4.53. The van der Waals surface area contributed by atoms with Gasteiger partial charge in [0.15, 0.2) is 6.10 Å². The summed E-state index contributed by atoms with van der Waals surface area (Å²) in [5, 5.41) is 2.57. The van der Waals surface area contributed by atoms with Crippen molar-refractivity contribution < 1.29 is 22.7 Å². The number of carbonyl (C=O) groups is 1. The van der Waals surface area contributed by atoms with Gasteiger partial charge in [0.25, 0.3) is 5.91 Å². The third-order valence-electron chi connectivity index (χ3n) is 2.76. The number of rotatable bonds is 6. The Hall–Kier alpha value is -1.76. The van der Waals surface area contributed by atoms with E-state index >= 15 is 0 Å². The number of para-hydroxylation sites is 1. The molecule has 0 aromatic heterocycles. The molecule has 0 aliphatic carbocycles. The fraction of sp³-hybridized carbons (Fsp3) is 0.500. The number of hydrogen-bond acceptors (Lipinski definition) is 3. The third kappa shape index (κ3) is 5.63. The average molecular weight is 304 g/mol. The third-order valence-corrected chi connectivity index (χ3v) is 2.76. The molecule has 1 aromatic rings. The maximum Gasteiger partial charge on any atom is 0.419 e. The standard InChI is InChI=1S/C14H19F3N2O2/c1-9(18)7-8-19-13(20)10(2)21-12-6-4-3-5-11(12)14(15,16)17/h3-6,9-10H,7-8,18H2,1-2H3,(H,19,20). The summed E-state index contributed by atoms with van der Waals surface area (Å²) in [7, 11) is 0. The molecule has 0 fully saturated rings. The van der Waals surface area contributed by atoms with Gasteiger partial charge in [-0.25, -0.2) is 0 Å². The van der Waals surface area contributed by atoms with E-state index < -0.39 is 23.8 Å². The van der Waals surface area contributed by atoms with Crippen molar-refractivity contribution >= 4 is 5.91 Å². The molecule has 2 atom stereocenters. The Bertz CT molecular complexity index is 476. The second-order valence-corrected chi connectivity index (χ2v) is 4.81. The van der Waals surface area contributed by atoms with Crippen molar-refractivity contribution in [2.24, 2.45) is 5.73 Å². The summed E-state index contributed by atoms with van der Waals surface area (Å²) in [5.74, 6) is -0.840. The molecular weight excluding hydrogens is 285 g/mol. The van der Waals surface area contributed by atoms with Gasteiger partial charge in [-0.3, -0.25) is 4.79 Å². The number of nitrogens with one attached hydrogen (secondary N) is 1. The van der Waals surface area contributed by atoms with Crippen molar-refractivity contribution in [3.8, 4) is 5.75 Å². The second-order valence-electron chi connectivity index (χ2n) is 4.81. The molecule has 0 saturated carbocycles. The van der Waals surface area contributed by atoms with Crippen LogP contribution in [0.3, 0.4) is 0 Å². The summed E-state index contributed by atoms with van der Waals surface area (Å²) in [6, 6.07) is 4.73. The van der Waals surface area contributed by atoms with Gasteiger partial charge in [-0.15, -0.1) is 0 Å². The predicted molar refractivity (Wildman–Crippen MR) is 72.8 cm³/mol. The number of ether oxygens (including phenoxy) is 1. The molecular formula is C14H19F3N2O2. The lowest BCUT2D eigenvalue weighted by Gasteiger charge is -2.18. The fourth-order valence-corrected chi connectivity index (χ4v) is 1.61. The van der Waals surface area contributed by atoms with Gasteiger partial charge < -0.3 is 15.8 Å². The van der Waals surface area contributed by atoms with E-state index in [0.29, 0.717) is 13.0 Å². The topological polar surface area (TPSA) is 64.3 Å². The Balaban J connectivity index is 2.67. The first-order valence-corrected chi connectivity index (χ1v) is 6.58. The number of amides is 1. The van der Waals surface area contributed by atoms with E-state index in [2.05, 4.69) is 5.32 Å². The lowest BCUT2D eigenvalue weighted by Crippen LogP contribution is -2.38. The summed E-state index contributed by atoms with van der Waals surface area (Å²) in [6.45, 7) is 3.55. The minimum absolute atomic E-state index is 0.0625. The summed E-state index contributed by atoms with van der Waals surface area (Å²) in [4.78, 5) is 11.7. The quantitative estimate of drug-likeness (QED) is 0.848. The van der Waals surface area contributed by atoms with Gasteiger partial charge in [-0.05, 0) is 32.4 Å². The summed E-state index contributed by atoms with van der Waals surface area (Å²) in [5.41, 5.74) is 4.64. The van der Waals surface area contributed by atoms with Gasteiger partial charge >= 0.3 is 6.18 Å². The van der Waals surface area contributed by atoms with Gasteiger partial charge in [0.05, 0.1) is 5.56 Å². The highest BCUT2D eigenvalue weighted by Crippen LogP contribution is 2.36. The molecule has 1 rings (SSSR count). The maximum absolute atomic E-state index is 12.8. The second kappa shape index (κ2) is 7.31. The van der Waals surface area contributed by atoms with Crippen LogP contribution in [0.1, 0.15) is 25.8 Å². The van der Waals surface area contributed by atoms with E-state index in [-0.39, 0.29) is 11.8 Å². The summed E-state index contributed by atoms with van der Waals surface area (Å²) < 4.78 is 43.5. The fourth-order valence-electron chi connectivity index (χ4n) is 1.61. The van der Waals surface area contributed by atoms with Crippen LogP contribution in [0.15, 0.2) is 24.3 Å². The maximum atomic E-state index is 12.8. The van der Waals surface area contributed by atoms with Crippen LogP contribution in [0.4, 0.5) is 13.2 Å². The molecule has 118 valence electrons. The van der Waals surface area contributed by atoms with Crippen LogP contribution >= 0.6 is 0 Å². The van der Waals surface area contributed by atoms with E-state index in [4.69, 9.17) is 10.5 Å². The number of halogens is 3. The molecule has 0 aliphatic rings. The van der Waals surface area contributed by atoms with Gasteiger partial charge in [-0.1, -0.05) is 12.1 Å². The van der Waals surface area contributed by atoms with Crippen molar-refractivity contribution in [1.82, 2.24) is 5.32 Å². The zero-order valence-electron chi connectivity index (χ0n) is 11.9. The van der Waals surface area contributed by atoms with Crippen LogP contribution in [-0.2, 0) is 11.0 Å². The van der Waals surface area contributed by atoms with Crippen molar-refractivity contribution in [3.05, 3.63) is 29.8 Å². The molecule has 0 spiro atoms. The first-order chi connectivity index (χ1) is 9.71. The molecule has 0 bridgehead atoms. The van der Waals surface area contributed by atoms with Crippen LogP contribution in [0.5, 0.6) is 5.75 Å². The molecule has 0 heterocycles. The minimum Gasteiger partial charge on any atom is -0.480 e. The van der Waals surface area contributed by atoms with Gasteiger partial charge in [0.2, 0.25) is 0 Å². The Morgan fingerprint density at radius 2 is 1.95 bits per heavy atom.